The number of nitrogens with one attached hydrogen (secondary N) is 1. The minimum Gasteiger partial charge on any atom is -0.454 e. The standard InChI is InChI=1S/C11H9N3O4/c12-8-2-10-9(16-5-17-10)1-7(8)11(15)14-6-3-13-18-4-6/h1-4H,5,12H2,(H,14,15). The first-order chi connectivity index (χ1) is 8.74. The number of benzene rings is 1. The van der Waals surface area contributed by atoms with Crippen LogP contribution in [0.2, 0.25) is 0 Å². The topological polar surface area (TPSA) is 99.6 Å². The Morgan fingerprint density at radius 3 is 2.83 bits per heavy atom. The molecule has 18 heavy (non-hydrogen) atoms. The molecule has 0 aliphatic carbocycles. The number of nitrogen functional groups attached to an aromatic ring is 1. The molecule has 0 fully saturated rings. The molecule has 92 valence electrons. The van der Waals surface area contributed by atoms with Gasteiger partial charge in [0.1, 0.15) is 12.0 Å². The number of fused-ring (bicyclic) bond motifs is 1. The number of ether oxygens (including phenoxy) is 2. The van der Waals surface area contributed by atoms with Crippen LogP contribution in [0.15, 0.2) is 29.1 Å². The van der Waals surface area contributed by atoms with Crippen LogP contribution in [0, 0.1) is 0 Å². The lowest BCUT2D eigenvalue weighted by Crippen LogP contribution is -2.13. The normalized spacial score (nSPS) is 12.4. The zero-order valence-corrected chi connectivity index (χ0v) is 9.17. The van der Waals surface area contributed by atoms with Crippen molar-refractivity contribution in [3.63, 3.8) is 0 Å². The number of aromatic nitrogens is 1. The summed E-state index contributed by atoms with van der Waals surface area (Å²) in [6.45, 7) is 0.130. The zero-order valence-electron chi connectivity index (χ0n) is 9.17. The number of carbonyl (C=O) groups is 1. The third kappa shape index (κ3) is 1.71. The van der Waals surface area contributed by atoms with Gasteiger partial charge in [-0.05, 0) is 6.07 Å². The van der Waals surface area contributed by atoms with E-state index in [1.54, 1.807) is 12.1 Å². The molecule has 1 aliphatic rings. The summed E-state index contributed by atoms with van der Waals surface area (Å²) in [7, 11) is 0. The second-order valence-corrected chi connectivity index (χ2v) is 3.66. The predicted molar refractivity (Wildman–Crippen MR) is 61.4 cm³/mol. The Morgan fingerprint density at radius 2 is 2.11 bits per heavy atom. The summed E-state index contributed by atoms with van der Waals surface area (Å²) in [5.41, 5.74) is 6.86. The van der Waals surface area contributed by atoms with E-state index >= 15 is 0 Å². The van der Waals surface area contributed by atoms with Gasteiger partial charge in [-0.15, -0.1) is 0 Å². The Balaban J connectivity index is 1.90. The molecule has 3 rings (SSSR count). The van der Waals surface area contributed by atoms with Crippen molar-refractivity contribution in [1.29, 1.82) is 0 Å². The number of anilines is 2. The van der Waals surface area contributed by atoms with Gasteiger partial charge in [0.15, 0.2) is 11.5 Å². The van der Waals surface area contributed by atoms with Gasteiger partial charge in [0.05, 0.1) is 11.8 Å². The summed E-state index contributed by atoms with van der Waals surface area (Å²) >= 11 is 0. The third-order valence-electron chi connectivity index (χ3n) is 2.48. The van der Waals surface area contributed by atoms with Crippen LogP contribution in [0.5, 0.6) is 11.5 Å². The average Bonchev–Trinajstić information content (AvgIpc) is 2.98. The van der Waals surface area contributed by atoms with Crippen LogP contribution in [0.1, 0.15) is 10.4 Å². The Hall–Kier alpha value is -2.70. The highest BCUT2D eigenvalue weighted by molar-refractivity contribution is 6.08. The SMILES string of the molecule is Nc1cc2c(cc1C(=O)Nc1cnoc1)OCO2. The highest BCUT2D eigenvalue weighted by Crippen LogP contribution is 2.36. The third-order valence-corrected chi connectivity index (χ3v) is 2.48. The van der Waals surface area contributed by atoms with Crippen LogP contribution < -0.4 is 20.5 Å². The van der Waals surface area contributed by atoms with Gasteiger partial charge in [-0.3, -0.25) is 4.79 Å². The maximum atomic E-state index is 12.0. The molecule has 7 heteroatoms. The van der Waals surface area contributed by atoms with Crippen molar-refractivity contribution in [2.24, 2.45) is 0 Å². The molecule has 0 saturated carbocycles. The van der Waals surface area contributed by atoms with Gasteiger partial charge in [-0.1, -0.05) is 5.16 Å². The summed E-state index contributed by atoms with van der Waals surface area (Å²) in [5.74, 6) is 0.669. The monoisotopic (exact) mass is 247 g/mol. The van der Waals surface area contributed by atoms with Crippen LogP contribution >= 0.6 is 0 Å². The van der Waals surface area contributed by atoms with Gasteiger partial charge >= 0.3 is 0 Å². The van der Waals surface area contributed by atoms with E-state index in [2.05, 4.69) is 15.0 Å². The fraction of sp³-hybridized carbons (Fsp3) is 0.0909. The smallest absolute Gasteiger partial charge is 0.258 e. The van der Waals surface area contributed by atoms with E-state index in [0.717, 1.165) is 0 Å². The van der Waals surface area contributed by atoms with E-state index in [1.807, 2.05) is 0 Å². The van der Waals surface area contributed by atoms with Crippen molar-refractivity contribution in [2.75, 3.05) is 17.8 Å². The lowest BCUT2D eigenvalue weighted by atomic mass is 10.1. The Morgan fingerprint density at radius 1 is 1.33 bits per heavy atom. The molecule has 0 spiro atoms. The number of carbonyl (C=O) groups excluding carboxylic acids is 1. The van der Waals surface area contributed by atoms with Crippen LogP contribution in [0.3, 0.4) is 0 Å². The molecule has 0 saturated heterocycles. The van der Waals surface area contributed by atoms with Gasteiger partial charge in [0.25, 0.3) is 5.91 Å². The van der Waals surface area contributed by atoms with Crippen LogP contribution in [-0.4, -0.2) is 17.9 Å². The summed E-state index contributed by atoms with van der Waals surface area (Å²) in [6, 6.07) is 3.10. The van der Waals surface area contributed by atoms with Crippen molar-refractivity contribution in [3.05, 3.63) is 30.2 Å². The van der Waals surface area contributed by atoms with Crippen LogP contribution in [0.25, 0.3) is 0 Å². The summed E-state index contributed by atoms with van der Waals surface area (Å²) in [5, 5.41) is 6.08. The molecule has 1 aromatic carbocycles. The van der Waals surface area contributed by atoms with Gasteiger partial charge in [0.2, 0.25) is 6.79 Å². The zero-order chi connectivity index (χ0) is 12.5. The number of hydrogen-bond acceptors (Lipinski definition) is 6. The highest BCUT2D eigenvalue weighted by Gasteiger charge is 2.19. The maximum Gasteiger partial charge on any atom is 0.258 e. The Labute approximate surface area is 101 Å². The molecule has 1 aliphatic heterocycles. The fourth-order valence-electron chi connectivity index (χ4n) is 1.62. The molecule has 0 atom stereocenters. The molecule has 3 N–H and O–H groups in total. The summed E-state index contributed by atoms with van der Waals surface area (Å²) < 4.78 is 15.0. The van der Waals surface area contributed by atoms with E-state index in [4.69, 9.17) is 15.2 Å². The average molecular weight is 247 g/mol. The second-order valence-electron chi connectivity index (χ2n) is 3.66. The highest BCUT2D eigenvalue weighted by atomic mass is 16.7. The molecule has 7 nitrogen and oxygen atoms in total. The first-order valence-electron chi connectivity index (χ1n) is 5.14. The van der Waals surface area contributed by atoms with Crippen molar-refractivity contribution < 1.29 is 18.8 Å². The molecule has 1 aromatic heterocycles. The van der Waals surface area contributed by atoms with Gasteiger partial charge in [0, 0.05) is 11.8 Å². The van der Waals surface area contributed by atoms with Crippen LogP contribution in [-0.2, 0) is 0 Å². The Bertz CT molecular complexity index is 595. The first-order valence-corrected chi connectivity index (χ1v) is 5.14. The molecular formula is C11H9N3O4. The number of rotatable bonds is 2. The van der Waals surface area contributed by atoms with Gasteiger partial charge in [-0.25, -0.2) is 0 Å². The molecule has 0 unspecified atom stereocenters. The minimum absolute atomic E-state index is 0.130. The van der Waals surface area contributed by atoms with Crippen molar-refractivity contribution in [3.8, 4) is 11.5 Å². The van der Waals surface area contributed by atoms with Crippen molar-refractivity contribution >= 4 is 17.3 Å². The fourth-order valence-corrected chi connectivity index (χ4v) is 1.62. The molecule has 1 amide bonds. The number of nitrogens with two attached hydrogens (primary N) is 1. The second kappa shape index (κ2) is 3.95. The molecule has 0 radical (unpaired) electrons. The predicted octanol–water partition coefficient (Wildman–Crippen LogP) is 1.24. The minimum atomic E-state index is -0.367. The first kappa shape index (κ1) is 10.5. The quantitative estimate of drug-likeness (QED) is 0.774. The van der Waals surface area contributed by atoms with Gasteiger partial charge in [-0.2, -0.15) is 0 Å². The molecular weight excluding hydrogens is 238 g/mol. The lowest BCUT2D eigenvalue weighted by molar-refractivity contribution is 0.102. The van der Waals surface area contributed by atoms with E-state index in [-0.39, 0.29) is 12.7 Å². The van der Waals surface area contributed by atoms with Crippen molar-refractivity contribution in [1.82, 2.24) is 5.16 Å². The van der Waals surface area contributed by atoms with E-state index < -0.39 is 0 Å². The summed E-state index contributed by atoms with van der Waals surface area (Å²) in [6.07, 6.45) is 2.71. The van der Waals surface area contributed by atoms with Gasteiger partial charge < -0.3 is 25.0 Å². The Kier molecular flexibility index (Phi) is 2.30. The van der Waals surface area contributed by atoms with Crippen LogP contribution in [0.4, 0.5) is 11.4 Å². The number of amides is 1. The number of nitrogens with zero attached hydrogens (tertiary/aromatic N) is 1. The molecule has 0 bridgehead atoms. The van der Waals surface area contributed by atoms with E-state index in [9.17, 15) is 4.79 Å². The van der Waals surface area contributed by atoms with Crippen molar-refractivity contribution in [2.45, 2.75) is 0 Å². The van der Waals surface area contributed by atoms with E-state index in [1.165, 1.54) is 12.5 Å². The summed E-state index contributed by atoms with van der Waals surface area (Å²) in [4.78, 5) is 12.0. The maximum absolute atomic E-state index is 12.0. The molecule has 2 aromatic rings. The largest absolute Gasteiger partial charge is 0.454 e. The van der Waals surface area contributed by atoms with E-state index in [0.29, 0.717) is 28.4 Å². The molecule has 2 heterocycles. The lowest BCUT2D eigenvalue weighted by Gasteiger charge is -2.06. The number of hydrogen-bond donors (Lipinski definition) is 2.